The van der Waals surface area contributed by atoms with Gasteiger partial charge in [0.1, 0.15) is 0 Å². The fourth-order valence-corrected chi connectivity index (χ4v) is 2.28. The lowest BCUT2D eigenvalue weighted by Crippen LogP contribution is -2.08. The third kappa shape index (κ3) is 7.00. The van der Waals surface area contributed by atoms with Crippen LogP contribution in [-0.4, -0.2) is 11.8 Å². The summed E-state index contributed by atoms with van der Waals surface area (Å²) < 4.78 is 1.13. The number of halogens is 1. The minimum atomic E-state index is -0.362. The molecule has 5 heteroatoms. The highest BCUT2D eigenvalue weighted by molar-refractivity contribution is 14.1. The van der Waals surface area contributed by atoms with E-state index in [9.17, 15) is 9.59 Å². The maximum absolute atomic E-state index is 11.9. The van der Waals surface area contributed by atoms with E-state index in [2.05, 4.69) is 27.4 Å². The average molecular weight is 389 g/mol. The molecule has 1 rings (SSSR count). The van der Waals surface area contributed by atoms with Gasteiger partial charge in [0.25, 0.3) is 0 Å². The topological polar surface area (TPSA) is 69.4 Å². The summed E-state index contributed by atoms with van der Waals surface area (Å²) in [4.78, 5) is 26.8. The molecule has 0 amide bonds. The maximum Gasteiger partial charge on any atom is 0.324 e. The van der Waals surface area contributed by atoms with E-state index >= 15 is 0 Å². The standard InChI is InChI=1S/C15H20INO3/c16-13-10-8-12(9-11-13)14(18)6-4-2-1-3-5-7-15(19)20-17/h8-11H,1-7,17H2. The van der Waals surface area contributed by atoms with E-state index in [1.165, 1.54) is 0 Å². The van der Waals surface area contributed by atoms with E-state index in [0.29, 0.717) is 12.8 Å². The maximum atomic E-state index is 11.9. The van der Waals surface area contributed by atoms with Gasteiger partial charge in [-0.05, 0) is 47.6 Å². The number of unbranched alkanes of at least 4 members (excludes halogenated alkanes) is 4. The van der Waals surface area contributed by atoms with Gasteiger partial charge in [-0.25, -0.2) is 0 Å². The molecule has 0 unspecified atom stereocenters. The first-order valence-electron chi connectivity index (χ1n) is 6.82. The molecule has 0 saturated carbocycles. The van der Waals surface area contributed by atoms with Crippen LogP contribution in [-0.2, 0) is 9.63 Å². The van der Waals surface area contributed by atoms with Crippen LogP contribution in [0.15, 0.2) is 24.3 Å². The van der Waals surface area contributed by atoms with E-state index in [0.717, 1.165) is 41.2 Å². The van der Waals surface area contributed by atoms with Crippen molar-refractivity contribution in [1.29, 1.82) is 0 Å². The van der Waals surface area contributed by atoms with E-state index in [-0.39, 0.29) is 11.8 Å². The molecule has 1 aromatic carbocycles. The Morgan fingerprint density at radius 3 is 2.10 bits per heavy atom. The fraction of sp³-hybridized carbons (Fsp3) is 0.467. The largest absolute Gasteiger partial charge is 0.373 e. The SMILES string of the molecule is NOC(=O)CCCCCCCC(=O)c1ccc(I)cc1. The number of benzene rings is 1. The highest BCUT2D eigenvalue weighted by Crippen LogP contribution is 2.12. The molecule has 110 valence electrons. The van der Waals surface area contributed by atoms with Gasteiger partial charge in [0, 0.05) is 22.0 Å². The molecule has 2 N–H and O–H groups in total. The van der Waals surface area contributed by atoms with Crippen molar-refractivity contribution in [2.75, 3.05) is 0 Å². The number of ketones is 1. The molecule has 0 fully saturated rings. The number of Topliss-reactive ketones (excluding diaryl/α,β-unsaturated/α-hetero) is 1. The second-order valence-electron chi connectivity index (χ2n) is 4.69. The van der Waals surface area contributed by atoms with Crippen LogP contribution < -0.4 is 5.90 Å². The van der Waals surface area contributed by atoms with Crippen molar-refractivity contribution in [2.45, 2.75) is 44.9 Å². The van der Waals surface area contributed by atoms with E-state index in [4.69, 9.17) is 5.90 Å². The van der Waals surface area contributed by atoms with Gasteiger partial charge in [-0.15, -0.1) is 0 Å². The molecule has 0 radical (unpaired) electrons. The van der Waals surface area contributed by atoms with Crippen LogP contribution in [0.2, 0.25) is 0 Å². The van der Waals surface area contributed by atoms with Gasteiger partial charge in [-0.1, -0.05) is 31.4 Å². The molecule has 20 heavy (non-hydrogen) atoms. The Kier molecular flexibility index (Phi) is 8.45. The third-order valence-electron chi connectivity index (χ3n) is 3.08. The Balaban J connectivity index is 2.08. The zero-order valence-electron chi connectivity index (χ0n) is 11.4. The van der Waals surface area contributed by atoms with E-state index in [1.807, 2.05) is 24.3 Å². The minimum absolute atomic E-state index is 0.202. The lowest BCUT2D eigenvalue weighted by Gasteiger charge is -2.02. The summed E-state index contributed by atoms with van der Waals surface area (Å²) >= 11 is 2.22. The number of carbonyl (C=O) groups is 2. The van der Waals surface area contributed by atoms with E-state index in [1.54, 1.807) is 0 Å². The van der Waals surface area contributed by atoms with Gasteiger partial charge in [0.15, 0.2) is 5.78 Å². The lowest BCUT2D eigenvalue weighted by atomic mass is 10.0. The second kappa shape index (κ2) is 9.88. The Bertz CT molecular complexity index is 431. The van der Waals surface area contributed by atoms with E-state index < -0.39 is 0 Å². The van der Waals surface area contributed by atoms with Crippen molar-refractivity contribution in [1.82, 2.24) is 0 Å². The van der Waals surface area contributed by atoms with Crippen molar-refractivity contribution in [3.63, 3.8) is 0 Å². The van der Waals surface area contributed by atoms with Gasteiger partial charge >= 0.3 is 5.97 Å². The quantitative estimate of drug-likeness (QED) is 0.303. The van der Waals surface area contributed by atoms with Crippen LogP contribution in [0.1, 0.15) is 55.3 Å². The molecule has 0 aromatic heterocycles. The first kappa shape index (κ1) is 17.1. The molecular formula is C15H20INO3. The van der Waals surface area contributed by atoms with Crippen molar-refractivity contribution >= 4 is 34.3 Å². The molecule has 0 atom stereocenters. The van der Waals surface area contributed by atoms with Crippen molar-refractivity contribution < 1.29 is 14.4 Å². The first-order chi connectivity index (χ1) is 9.63. The lowest BCUT2D eigenvalue weighted by molar-refractivity contribution is -0.144. The monoisotopic (exact) mass is 389 g/mol. The molecule has 0 saturated heterocycles. The van der Waals surface area contributed by atoms with Crippen LogP contribution in [0.4, 0.5) is 0 Å². The summed E-state index contributed by atoms with van der Waals surface area (Å²) in [5.41, 5.74) is 0.788. The van der Waals surface area contributed by atoms with Crippen molar-refractivity contribution in [3.8, 4) is 0 Å². The molecule has 1 aromatic rings. The zero-order valence-corrected chi connectivity index (χ0v) is 13.6. The van der Waals surface area contributed by atoms with Gasteiger partial charge in [-0.3, -0.25) is 9.59 Å². The number of rotatable bonds is 9. The number of hydrogen-bond acceptors (Lipinski definition) is 4. The predicted molar refractivity (Wildman–Crippen MR) is 86.1 cm³/mol. The zero-order chi connectivity index (χ0) is 14.8. The van der Waals surface area contributed by atoms with Crippen molar-refractivity contribution in [3.05, 3.63) is 33.4 Å². The number of carbonyl (C=O) groups excluding carboxylic acids is 2. The average Bonchev–Trinajstić information content (AvgIpc) is 2.46. The summed E-state index contributed by atoms with van der Waals surface area (Å²) in [6, 6.07) is 7.65. The summed E-state index contributed by atoms with van der Waals surface area (Å²) in [5.74, 6) is 4.58. The van der Waals surface area contributed by atoms with Crippen molar-refractivity contribution in [2.24, 2.45) is 5.90 Å². The molecule has 0 aliphatic carbocycles. The summed E-state index contributed by atoms with van der Waals surface area (Å²) in [5, 5.41) is 0. The Morgan fingerprint density at radius 1 is 0.950 bits per heavy atom. The van der Waals surface area contributed by atoms with Crippen LogP contribution in [0, 0.1) is 3.57 Å². The molecule has 0 heterocycles. The second-order valence-corrected chi connectivity index (χ2v) is 5.93. The fourth-order valence-electron chi connectivity index (χ4n) is 1.92. The van der Waals surface area contributed by atoms with Gasteiger partial charge in [0.2, 0.25) is 0 Å². The Hall–Kier alpha value is -0.950. The summed E-state index contributed by atoms with van der Waals surface area (Å²) in [6.45, 7) is 0. The summed E-state index contributed by atoms with van der Waals surface area (Å²) in [7, 11) is 0. The Labute approximate surface area is 133 Å². The summed E-state index contributed by atoms with van der Waals surface area (Å²) in [6.07, 6.45) is 5.65. The number of hydrogen-bond donors (Lipinski definition) is 1. The van der Waals surface area contributed by atoms with Crippen LogP contribution in [0.5, 0.6) is 0 Å². The van der Waals surface area contributed by atoms with Gasteiger partial charge in [0.05, 0.1) is 0 Å². The highest BCUT2D eigenvalue weighted by Gasteiger charge is 2.05. The Morgan fingerprint density at radius 2 is 1.50 bits per heavy atom. The molecule has 4 nitrogen and oxygen atoms in total. The van der Waals surface area contributed by atoms with Gasteiger partial charge in [-0.2, -0.15) is 5.90 Å². The minimum Gasteiger partial charge on any atom is -0.373 e. The van der Waals surface area contributed by atoms with Crippen LogP contribution in [0.3, 0.4) is 0 Å². The van der Waals surface area contributed by atoms with Gasteiger partial charge < -0.3 is 4.84 Å². The first-order valence-corrected chi connectivity index (χ1v) is 7.89. The predicted octanol–water partition coefficient (Wildman–Crippen LogP) is 3.62. The van der Waals surface area contributed by atoms with Crippen LogP contribution >= 0.6 is 22.6 Å². The molecular weight excluding hydrogens is 369 g/mol. The normalized spacial score (nSPS) is 10.3. The van der Waals surface area contributed by atoms with Crippen LogP contribution in [0.25, 0.3) is 0 Å². The third-order valence-corrected chi connectivity index (χ3v) is 3.80. The molecule has 0 aliphatic rings. The smallest absolute Gasteiger partial charge is 0.324 e. The molecule has 0 spiro atoms. The highest BCUT2D eigenvalue weighted by atomic mass is 127. The number of nitrogens with two attached hydrogens (primary N) is 1. The molecule has 0 aliphatic heterocycles. The molecule has 0 bridgehead atoms.